The van der Waals surface area contributed by atoms with Crippen molar-refractivity contribution < 1.29 is 8.42 Å². The molecule has 0 aliphatic heterocycles. The Morgan fingerprint density at radius 3 is 2.24 bits per heavy atom. The summed E-state index contributed by atoms with van der Waals surface area (Å²) in [4.78, 5) is 0.386. The van der Waals surface area contributed by atoms with Crippen LogP contribution in [0, 0.1) is 0 Å². The van der Waals surface area contributed by atoms with E-state index in [9.17, 15) is 8.42 Å². The first-order chi connectivity index (χ1) is 9.97. The molecule has 0 saturated heterocycles. The third kappa shape index (κ3) is 4.80. The van der Waals surface area contributed by atoms with Crippen LogP contribution in [0.1, 0.15) is 39.7 Å². The Morgan fingerprint density at radius 2 is 1.76 bits per heavy atom. The van der Waals surface area contributed by atoms with Crippen LogP contribution in [0.25, 0.3) is 0 Å². The van der Waals surface area contributed by atoms with Crippen LogP contribution < -0.4 is 5.32 Å². The van der Waals surface area contributed by atoms with Crippen LogP contribution >= 0.6 is 0 Å². The summed E-state index contributed by atoms with van der Waals surface area (Å²) in [6.45, 7) is 10.3. The van der Waals surface area contributed by atoms with Gasteiger partial charge in [-0.2, -0.15) is 4.31 Å². The Bertz CT molecular complexity index is 512. The fourth-order valence-electron chi connectivity index (χ4n) is 2.30. The molecular formula is C16H28N2O2S. The van der Waals surface area contributed by atoms with Crippen LogP contribution in [0.15, 0.2) is 29.2 Å². The molecule has 0 aliphatic carbocycles. The third-order valence-corrected chi connectivity index (χ3v) is 5.87. The Morgan fingerprint density at radius 1 is 1.14 bits per heavy atom. The minimum absolute atomic E-state index is 0.0217. The van der Waals surface area contributed by atoms with Gasteiger partial charge in [-0.05, 0) is 50.6 Å². The highest BCUT2D eigenvalue weighted by Crippen LogP contribution is 2.20. The van der Waals surface area contributed by atoms with E-state index >= 15 is 0 Å². The summed E-state index contributed by atoms with van der Waals surface area (Å²) in [5.74, 6) is 0. The van der Waals surface area contributed by atoms with Gasteiger partial charge in [-0.15, -0.1) is 0 Å². The number of hydrogen-bond acceptors (Lipinski definition) is 3. The zero-order valence-corrected chi connectivity index (χ0v) is 14.4. The molecule has 5 heteroatoms. The first-order valence-corrected chi connectivity index (χ1v) is 9.22. The fourth-order valence-corrected chi connectivity index (χ4v) is 4.01. The molecule has 4 nitrogen and oxygen atoms in total. The molecule has 0 aromatic heterocycles. The largest absolute Gasteiger partial charge is 0.317 e. The fraction of sp³-hybridized carbons (Fsp3) is 0.625. The monoisotopic (exact) mass is 312 g/mol. The van der Waals surface area contributed by atoms with Crippen LogP contribution in [-0.4, -0.2) is 38.4 Å². The number of likely N-dealkylation sites (N-methyl/N-ethyl adjacent to an activating group) is 1. The van der Waals surface area contributed by atoms with Gasteiger partial charge in [0.15, 0.2) is 0 Å². The molecule has 1 unspecified atom stereocenters. The maximum atomic E-state index is 12.6. The average molecular weight is 312 g/mol. The van der Waals surface area contributed by atoms with Gasteiger partial charge in [0.1, 0.15) is 0 Å². The second kappa shape index (κ2) is 8.51. The molecular weight excluding hydrogens is 284 g/mol. The van der Waals surface area contributed by atoms with Crippen molar-refractivity contribution in [3.63, 3.8) is 0 Å². The van der Waals surface area contributed by atoms with E-state index in [1.54, 1.807) is 16.4 Å². The quantitative estimate of drug-likeness (QED) is 0.713. The Kier molecular flexibility index (Phi) is 7.35. The zero-order chi connectivity index (χ0) is 15.9. The Hall–Kier alpha value is -0.910. The van der Waals surface area contributed by atoms with E-state index in [1.165, 1.54) is 0 Å². The summed E-state index contributed by atoms with van der Waals surface area (Å²) in [6.07, 6.45) is 1.73. The molecule has 1 rings (SSSR count). The minimum atomic E-state index is -3.39. The van der Waals surface area contributed by atoms with Gasteiger partial charge in [0, 0.05) is 12.6 Å². The first kappa shape index (κ1) is 18.1. The molecule has 0 fully saturated rings. The van der Waals surface area contributed by atoms with Crippen molar-refractivity contribution in [3.8, 4) is 0 Å². The number of nitrogens with zero attached hydrogens (tertiary/aromatic N) is 1. The van der Waals surface area contributed by atoms with Gasteiger partial charge in [-0.1, -0.05) is 32.9 Å². The van der Waals surface area contributed by atoms with E-state index in [0.29, 0.717) is 11.4 Å². The van der Waals surface area contributed by atoms with Gasteiger partial charge in [0.25, 0.3) is 0 Å². The van der Waals surface area contributed by atoms with Gasteiger partial charge in [-0.3, -0.25) is 0 Å². The molecule has 1 aromatic rings. The number of sulfonamides is 1. The van der Waals surface area contributed by atoms with Gasteiger partial charge in [-0.25, -0.2) is 8.42 Å². The van der Waals surface area contributed by atoms with Crippen molar-refractivity contribution in [2.24, 2.45) is 0 Å². The second-order valence-electron chi connectivity index (χ2n) is 5.21. The van der Waals surface area contributed by atoms with Crippen LogP contribution in [0.5, 0.6) is 0 Å². The van der Waals surface area contributed by atoms with Crippen molar-refractivity contribution in [2.75, 3.05) is 19.6 Å². The van der Waals surface area contributed by atoms with E-state index in [2.05, 4.69) is 12.2 Å². The maximum absolute atomic E-state index is 12.6. The van der Waals surface area contributed by atoms with Crippen LogP contribution in [0.3, 0.4) is 0 Å². The molecule has 1 aromatic carbocycles. The van der Waals surface area contributed by atoms with Gasteiger partial charge in [0.2, 0.25) is 10.0 Å². The zero-order valence-electron chi connectivity index (χ0n) is 13.6. The van der Waals surface area contributed by atoms with E-state index in [-0.39, 0.29) is 6.04 Å². The van der Waals surface area contributed by atoms with Gasteiger partial charge >= 0.3 is 0 Å². The molecule has 0 saturated carbocycles. The standard InChI is InChI=1S/C16H28N2O2S/c1-5-14(4)18(7-3)21(19,20)16-10-8-15(9-11-16)12-13-17-6-2/h8-11,14,17H,5-7,12-13H2,1-4H3. The van der Waals surface area contributed by atoms with Crippen molar-refractivity contribution in [2.45, 2.75) is 51.5 Å². The lowest BCUT2D eigenvalue weighted by molar-refractivity contribution is 0.342. The number of nitrogens with one attached hydrogen (secondary N) is 1. The molecule has 0 radical (unpaired) electrons. The van der Waals surface area contributed by atoms with Crippen molar-refractivity contribution in [1.82, 2.24) is 9.62 Å². The van der Waals surface area contributed by atoms with Crippen LogP contribution in [0.4, 0.5) is 0 Å². The van der Waals surface area contributed by atoms with Gasteiger partial charge in [0.05, 0.1) is 4.90 Å². The summed E-state index contributed by atoms with van der Waals surface area (Å²) in [6, 6.07) is 7.29. The molecule has 0 aliphatic rings. The lowest BCUT2D eigenvalue weighted by Crippen LogP contribution is -2.38. The maximum Gasteiger partial charge on any atom is 0.243 e. The Labute approximate surface area is 129 Å². The Balaban J connectivity index is 2.88. The SMILES string of the molecule is CCNCCc1ccc(S(=O)(=O)N(CC)C(C)CC)cc1. The summed E-state index contributed by atoms with van der Waals surface area (Å²) >= 11 is 0. The summed E-state index contributed by atoms with van der Waals surface area (Å²) in [7, 11) is -3.39. The highest BCUT2D eigenvalue weighted by molar-refractivity contribution is 7.89. The first-order valence-electron chi connectivity index (χ1n) is 7.78. The summed E-state index contributed by atoms with van der Waals surface area (Å²) in [5, 5.41) is 3.27. The van der Waals surface area contributed by atoms with E-state index in [0.717, 1.165) is 31.5 Å². The molecule has 120 valence electrons. The molecule has 0 spiro atoms. The summed E-state index contributed by atoms with van der Waals surface area (Å²) in [5.41, 5.74) is 1.15. The number of hydrogen-bond donors (Lipinski definition) is 1. The lowest BCUT2D eigenvalue weighted by Gasteiger charge is -2.26. The number of benzene rings is 1. The van der Waals surface area contributed by atoms with E-state index < -0.39 is 10.0 Å². The minimum Gasteiger partial charge on any atom is -0.317 e. The molecule has 1 atom stereocenters. The van der Waals surface area contributed by atoms with Crippen LogP contribution in [0.2, 0.25) is 0 Å². The lowest BCUT2D eigenvalue weighted by atomic mass is 10.1. The van der Waals surface area contributed by atoms with Crippen molar-refractivity contribution >= 4 is 10.0 Å². The van der Waals surface area contributed by atoms with Crippen LogP contribution in [-0.2, 0) is 16.4 Å². The smallest absolute Gasteiger partial charge is 0.243 e. The molecule has 0 bridgehead atoms. The van der Waals surface area contributed by atoms with Gasteiger partial charge < -0.3 is 5.32 Å². The highest BCUT2D eigenvalue weighted by Gasteiger charge is 2.26. The molecule has 0 amide bonds. The predicted molar refractivity (Wildman–Crippen MR) is 88.0 cm³/mol. The summed E-state index contributed by atoms with van der Waals surface area (Å²) < 4.78 is 26.9. The normalized spacial score (nSPS) is 13.6. The molecule has 0 heterocycles. The van der Waals surface area contributed by atoms with Crippen molar-refractivity contribution in [1.29, 1.82) is 0 Å². The average Bonchev–Trinajstić information content (AvgIpc) is 2.48. The van der Waals surface area contributed by atoms with Crippen molar-refractivity contribution in [3.05, 3.63) is 29.8 Å². The third-order valence-electron chi connectivity index (χ3n) is 3.76. The predicted octanol–water partition coefficient (Wildman–Crippen LogP) is 2.65. The molecule has 1 N–H and O–H groups in total. The topological polar surface area (TPSA) is 49.4 Å². The highest BCUT2D eigenvalue weighted by atomic mass is 32.2. The van der Waals surface area contributed by atoms with E-state index in [1.807, 2.05) is 32.9 Å². The molecule has 21 heavy (non-hydrogen) atoms. The number of rotatable bonds is 9. The second-order valence-corrected chi connectivity index (χ2v) is 7.10. The van der Waals surface area contributed by atoms with E-state index in [4.69, 9.17) is 0 Å².